The SMILES string of the molecule is O=[C-]CSc1nc(-c2ccccc2)c(-c2ccccc2)o1.[CH-]1CC1.[CH3-].[K+]. The van der Waals surface area contributed by atoms with Crippen LogP contribution >= 0.6 is 11.8 Å². The number of carbonyl (C=O) groups excluding carboxylic acids is 1. The van der Waals surface area contributed by atoms with E-state index in [0.717, 1.165) is 22.6 Å². The van der Waals surface area contributed by atoms with Gasteiger partial charge < -0.3 is 23.1 Å². The fourth-order valence-electron chi connectivity index (χ4n) is 2.03. The quantitative estimate of drug-likeness (QED) is 0.382. The Morgan fingerprint density at radius 2 is 1.54 bits per heavy atom. The fourth-order valence-corrected chi connectivity index (χ4v) is 2.51. The van der Waals surface area contributed by atoms with Gasteiger partial charge in [-0.2, -0.15) is 0 Å². The van der Waals surface area contributed by atoms with Gasteiger partial charge >= 0.3 is 51.4 Å². The van der Waals surface area contributed by atoms with Gasteiger partial charge in [-0.15, -0.1) is 0 Å². The van der Waals surface area contributed by atoms with E-state index < -0.39 is 0 Å². The van der Waals surface area contributed by atoms with Gasteiger partial charge in [0.2, 0.25) is 0 Å². The van der Waals surface area contributed by atoms with Crippen molar-refractivity contribution in [1.29, 1.82) is 0 Å². The molecule has 26 heavy (non-hydrogen) atoms. The van der Waals surface area contributed by atoms with E-state index in [1.54, 1.807) is 0 Å². The maximum atomic E-state index is 10.4. The summed E-state index contributed by atoms with van der Waals surface area (Å²) in [6.45, 7) is 0. The Kier molecular flexibility index (Phi) is 11.4. The zero-order chi connectivity index (χ0) is 16.6. The first kappa shape index (κ1) is 23.3. The molecule has 0 aliphatic heterocycles. The number of nitrogens with zero attached hydrogens (tertiary/aromatic N) is 1. The van der Waals surface area contributed by atoms with Crippen LogP contribution in [0, 0.1) is 13.8 Å². The minimum Gasteiger partial charge on any atom is -0.541 e. The molecule has 0 atom stereocenters. The fraction of sp³-hybridized carbons (Fsp3) is 0.143. The number of aromatic nitrogens is 1. The van der Waals surface area contributed by atoms with Crippen LogP contribution in [0.25, 0.3) is 22.6 Å². The second kappa shape index (κ2) is 12.7. The van der Waals surface area contributed by atoms with Crippen LogP contribution < -0.4 is 51.4 Å². The van der Waals surface area contributed by atoms with Crippen molar-refractivity contribution in [2.24, 2.45) is 0 Å². The zero-order valence-electron chi connectivity index (χ0n) is 15.1. The third-order valence-corrected chi connectivity index (χ3v) is 3.92. The molecular weight excluding hydrogens is 369 g/mol. The summed E-state index contributed by atoms with van der Waals surface area (Å²) in [5.74, 6) is 0.929. The first-order chi connectivity index (χ1) is 11.9. The van der Waals surface area contributed by atoms with E-state index in [0.29, 0.717) is 5.22 Å². The Balaban J connectivity index is 0.000000615. The average Bonchev–Trinajstić information content (AvgIpc) is 3.48. The number of oxazole rings is 1. The smallest absolute Gasteiger partial charge is 0.541 e. The largest absolute Gasteiger partial charge is 1.00 e. The van der Waals surface area contributed by atoms with E-state index in [-0.39, 0.29) is 64.6 Å². The van der Waals surface area contributed by atoms with E-state index >= 15 is 0 Å². The van der Waals surface area contributed by atoms with Gasteiger partial charge in [-0.05, 0) is 0 Å². The molecule has 1 aromatic heterocycles. The molecule has 0 N–H and O–H groups in total. The van der Waals surface area contributed by atoms with Gasteiger partial charge in [0.25, 0.3) is 5.22 Å². The van der Waals surface area contributed by atoms with Crippen LogP contribution in [0.4, 0.5) is 0 Å². The molecule has 0 spiro atoms. The molecule has 5 heteroatoms. The summed E-state index contributed by atoms with van der Waals surface area (Å²) < 4.78 is 5.83. The molecule has 0 unspecified atom stereocenters. The summed E-state index contributed by atoms with van der Waals surface area (Å²) in [6.07, 6.45) is 6.84. The normalized spacial score (nSPS) is 11.2. The van der Waals surface area contributed by atoms with Crippen molar-refractivity contribution in [1.82, 2.24) is 4.98 Å². The Bertz CT molecular complexity index is 713. The standard InChI is InChI=1S/C17H12NO2S.C3H5.CH3.K/c19-11-12-21-17-18-15(13-7-3-1-4-8-13)16(20-17)14-9-5-2-6-10-14;1-2-3-1;;/h1-10H,12H2;1H,2-3H2;1H3;/q3*-1;+1. The minimum atomic E-state index is 0. The third kappa shape index (κ3) is 7.14. The van der Waals surface area contributed by atoms with E-state index in [4.69, 9.17) is 4.42 Å². The van der Waals surface area contributed by atoms with Crippen molar-refractivity contribution < 1.29 is 60.6 Å². The van der Waals surface area contributed by atoms with E-state index in [1.807, 2.05) is 66.9 Å². The Morgan fingerprint density at radius 3 is 2.04 bits per heavy atom. The van der Waals surface area contributed by atoms with Gasteiger partial charge in [0.1, 0.15) is 5.69 Å². The van der Waals surface area contributed by atoms with E-state index in [2.05, 4.69) is 11.4 Å². The van der Waals surface area contributed by atoms with Crippen molar-refractivity contribution in [2.75, 3.05) is 5.75 Å². The predicted molar refractivity (Wildman–Crippen MR) is 104 cm³/mol. The molecule has 4 rings (SSSR count). The predicted octanol–water partition coefficient (Wildman–Crippen LogP) is 2.65. The summed E-state index contributed by atoms with van der Waals surface area (Å²) in [4.78, 5) is 14.9. The Hall–Kier alpha value is -0.694. The van der Waals surface area contributed by atoms with Crippen LogP contribution in [0.1, 0.15) is 12.8 Å². The van der Waals surface area contributed by atoms with Gasteiger partial charge in [0.05, 0.1) is 0 Å². The molecular formula is C21H20KNO2S-2. The van der Waals surface area contributed by atoms with E-state index in [9.17, 15) is 4.79 Å². The number of hydrogen-bond acceptors (Lipinski definition) is 4. The summed E-state index contributed by atoms with van der Waals surface area (Å²) in [5, 5.41) is 0.482. The van der Waals surface area contributed by atoms with E-state index in [1.165, 1.54) is 24.6 Å². The second-order valence-electron chi connectivity index (χ2n) is 5.19. The van der Waals surface area contributed by atoms with Crippen molar-refractivity contribution in [3.63, 3.8) is 0 Å². The third-order valence-electron chi connectivity index (χ3n) is 3.23. The van der Waals surface area contributed by atoms with Gasteiger partial charge in [0.15, 0.2) is 5.76 Å². The van der Waals surface area contributed by atoms with Crippen LogP contribution in [0.3, 0.4) is 0 Å². The summed E-state index contributed by atoms with van der Waals surface area (Å²) in [6, 6.07) is 19.7. The zero-order valence-corrected chi connectivity index (χ0v) is 19.1. The molecule has 1 heterocycles. The average molecular weight is 390 g/mol. The van der Waals surface area contributed by atoms with Crippen LogP contribution in [0.2, 0.25) is 0 Å². The molecule has 1 aliphatic rings. The maximum Gasteiger partial charge on any atom is 1.00 e. The van der Waals surface area contributed by atoms with Gasteiger partial charge in [0, 0.05) is 11.1 Å². The van der Waals surface area contributed by atoms with Crippen molar-refractivity contribution in [2.45, 2.75) is 18.1 Å². The van der Waals surface area contributed by atoms with Crippen molar-refractivity contribution in [3.8, 4) is 22.6 Å². The number of benzene rings is 2. The number of rotatable bonds is 5. The van der Waals surface area contributed by atoms with Crippen LogP contribution in [-0.4, -0.2) is 17.0 Å². The molecule has 0 amide bonds. The second-order valence-corrected chi connectivity index (χ2v) is 6.12. The summed E-state index contributed by atoms with van der Waals surface area (Å²) >= 11 is 1.24. The van der Waals surface area contributed by atoms with Crippen LogP contribution in [-0.2, 0) is 4.79 Å². The van der Waals surface area contributed by atoms with Gasteiger partial charge in [-0.1, -0.05) is 78.2 Å². The van der Waals surface area contributed by atoms with Crippen LogP contribution in [0.15, 0.2) is 70.3 Å². The molecule has 1 saturated carbocycles. The minimum absolute atomic E-state index is 0. The monoisotopic (exact) mass is 389 g/mol. The first-order valence-corrected chi connectivity index (χ1v) is 8.78. The number of thioether (sulfide) groups is 1. The first-order valence-electron chi connectivity index (χ1n) is 7.79. The molecule has 130 valence electrons. The molecule has 1 aliphatic carbocycles. The molecule has 1 fully saturated rings. The molecule has 0 bridgehead atoms. The summed E-state index contributed by atoms with van der Waals surface area (Å²) in [5.41, 5.74) is 2.74. The van der Waals surface area contributed by atoms with Crippen molar-refractivity contribution in [3.05, 3.63) is 74.5 Å². The molecule has 3 nitrogen and oxygen atoms in total. The maximum absolute atomic E-state index is 10.4. The summed E-state index contributed by atoms with van der Waals surface area (Å²) in [7, 11) is 0. The molecule has 2 aromatic carbocycles. The molecule has 3 aromatic rings. The van der Waals surface area contributed by atoms with Gasteiger partial charge in [-0.25, -0.2) is 17.8 Å². The van der Waals surface area contributed by atoms with Crippen molar-refractivity contribution >= 4 is 18.0 Å². The van der Waals surface area contributed by atoms with Crippen LogP contribution in [0.5, 0.6) is 0 Å². The Morgan fingerprint density at radius 1 is 1.00 bits per heavy atom. The molecule has 0 radical (unpaired) electrons. The number of hydrogen-bond donors (Lipinski definition) is 0. The molecule has 0 saturated heterocycles. The topological polar surface area (TPSA) is 43.1 Å². The Labute approximate surface area is 202 Å². The van der Waals surface area contributed by atoms with Gasteiger partial charge in [-0.3, -0.25) is 6.29 Å².